The van der Waals surface area contributed by atoms with Gasteiger partial charge in [0.15, 0.2) is 5.78 Å². The van der Waals surface area contributed by atoms with E-state index in [0.717, 1.165) is 12.6 Å². The standard InChI is InChI=1S/C18H19FN2O3/c1-11-5-15(24-16-6-12(2)23-10-16)8-17(21-11)18(22)7-14-4-3-13(19)9-20-14/h3-5,8-9,12,16H,6-7,10H2,1-2H3/t12-,16-/m1/s1. The molecule has 126 valence electrons. The Balaban J connectivity index is 1.72. The third-order valence-corrected chi connectivity index (χ3v) is 3.81. The van der Waals surface area contributed by atoms with Gasteiger partial charge in [0, 0.05) is 29.9 Å². The summed E-state index contributed by atoms with van der Waals surface area (Å²) in [4.78, 5) is 20.6. The van der Waals surface area contributed by atoms with Crippen molar-refractivity contribution in [3.8, 4) is 5.75 Å². The van der Waals surface area contributed by atoms with Crippen molar-refractivity contribution >= 4 is 5.78 Å². The van der Waals surface area contributed by atoms with E-state index in [1.54, 1.807) is 12.1 Å². The zero-order valence-electron chi connectivity index (χ0n) is 13.7. The van der Waals surface area contributed by atoms with Crippen LogP contribution in [-0.2, 0) is 11.2 Å². The van der Waals surface area contributed by atoms with Crippen LogP contribution in [0.15, 0.2) is 30.5 Å². The number of ether oxygens (including phenoxy) is 2. The van der Waals surface area contributed by atoms with Crippen molar-refractivity contribution in [3.05, 3.63) is 53.4 Å². The number of halogens is 1. The number of Topliss-reactive ketones (excluding diaryl/α,β-unsaturated/α-hetero) is 1. The van der Waals surface area contributed by atoms with E-state index in [4.69, 9.17) is 9.47 Å². The Hall–Kier alpha value is -2.34. The van der Waals surface area contributed by atoms with E-state index in [9.17, 15) is 9.18 Å². The van der Waals surface area contributed by atoms with E-state index in [1.807, 2.05) is 13.8 Å². The van der Waals surface area contributed by atoms with E-state index in [-0.39, 0.29) is 24.4 Å². The van der Waals surface area contributed by atoms with E-state index >= 15 is 0 Å². The van der Waals surface area contributed by atoms with E-state index < -0.39 is 5.82 Å². The fraction of sp³-hybridized carbons (Fsp3) is 0.389. The zero-order valence-corrected chi connectivity index (χ0v) is 13.7. The monoisotopic (exact) mass is 330 g/mol. The predicted molar refractivity (Wildman–Crippen MR) is 85.7 cm³/mol. The lowest BCUT2D eigenvalue weighted by molar-refractivity contribution is 0.0984. The Kier molecular flexibility index (Phi) is 4.85. The van der Waals surface area contributed by atoms with Crippen molar-refractivity contribution in [2.24, 2.45) is 0 Å². The van der Waals surface area contributed by atoms with Gasteiger partial charge in [-0.25, -0.2) is 9.37 Å². The molecule has 1 saturated heterocycles. The van der Waals surface area contributed by atoms with Crippen LogP contribution in [0.25, 0.3) is 0 Å². The Bertz CT molecular complexity index is 734. The summed E-state index contributed by atoms with van der Waals surface area (Å²) in [6, 6.07) is 6.23. The molecule has 0 spiro atoms. The number of nitrogens with zero attached hydrogens (tertiary/aromatic N) is 2. The number of ketones is 1. The molecule has 0 N–H and O–H groups in total. The topological polar surface area (TPSA) is 61.3 Å². The van der Waals surface area contributed by atoms with Crippen LogP contribution in [0.2, 0.25) is 0 Å². The number of carbonyl (C=O) groups is 1. The van der Waals surface area contributed by atoms with Crippen LogP contribution in [0.1, 0.15) is 35.2 Å². The molecule has 0 unspecified atom stereocenters. The first kappa shape index (κ1) is 16.5. The molecule has 0 bridgehead atoms. The molecule has 0 radical (unpaired) electrons. The van der Waals surface area contributed by atoms with Crippen molar-refractivity contribution in [3.63, 3.8) is 0 Å². The second-order valence-electron chi connectivity index (χ2n) is 6.02. The number of carbonyl (C=O) groups excluding carboxylic acids is 1. The van der Waals surface area contributed by atoms with Crippen LogP contribution in [0.4, 0.5) is 4.39 Å². The summed E-state index contributed by atoms with van der Waals surface area (Å²) in [6.07, 6.45) is 2.17. The molecule has 3 heterocycles. The van der Waals surface area contributed by atoms with Crippen LogP contribution < -0.4 is 4.74 Å². The van der Waals surface area contributed by atoms with E-state index in [0.29, 0.717) is 29.4 Å². The lowest BCUT2D eigenvalue weighted by atomic mass is 10.1. The highest BCUT2D eigenvalue weighted by atomic mass is 19.1. The summed E-state index contributed by atoms with van der Waals surface area (Å²) < 4.78 is 24.3. The Morgan fingerprint density at radius 2 is 2.25 bits per heavy atom. The molecular weight excluding hydrogens is 311 g/mol. The van der Waals surface area contributed by atoms with Gasteiger partial charge in [-0.15, -0.1) is 0 Å². The summed E-state index contributed by atoms with van der Waals surface area (Å²) in [6.45, 7) is 4.37. The van der Waals surface area contributed by atoms with Gasteiger partial charge in [0.05, 0.1) is 25.3 Å². The van der Waals surface area contributed by atoms with E-state index in [1.165, 1.54) is 12.1 Å². The largest absolute Gasteiger partial charge is 0.488 e. The summed E-state index contributed by atoms with van der Waals surface area (Å²) >= 11 is 0. The van der Waals surface area contributed by atoms with Crippen molar-refractivity contribution in [2.45, 2.75) is 38.9 Å². The highest BCUT2D eigenvalue weighted by Crippen LogP contribution is 2.22. The number of pyridine rings is 2. The molecule has 5 nitrogen and oxygen atoms in total. The zero-order chi connectivity index (χ0) is 17.1. The number of hydrogen-bond acceptors (Lipinski definition) is 5. The number of aromatic nitrogens is 2. The van der Waals surface area contributed by atoms with Gasteiger partial charge < -0.3 is 9.47 Å². The molecule has 2 aromatic heterocycles. The highest BCUT2D eigenvalue weighted by Gasteiger charge is 2.24. The summed E-state index contributed by atoms with van der Waals surface area (Å²) in [5.41, 5.74) is 1.53. The van der Waals surface area contributed by atoms with Gasteiger partial charge in [-0.3, -0.25) is 9.78 Å². The summed E-state index contributed by atoms with van der Waals surface area (Å²) in [5, 5.41) is 0. The van der Waals surface area contributed by atoms with Crippen LogP contribution in [0, 0.1) is 12.7 Å². The Labute approximate surface area is 139 Å². The maximum absolute atomic E-state index is 12.9. The fourth-order valence-corrected chi connectivity index (χ4v) is 2.67. The number of aryl methyl sites for hydroxylation is 1. The molecule has 1 aliphatic heterocycles. The molecule has 3 rings (SSSR count). The van der Waals surface area contributed by atoms with Crippen molar-refractivity contribution in [2.75, 3.05) is 6.61 Å². The van der Waals surface area contributed by atoms with Crippen LogP contribution >= 0.6 is 0 Å². The summed E-state index contributed by atoms with van der Waals surface area (Å²) in [5.74, 6) is 0.00268. The van der Waals surface area contributed by atoms with Crippen molar-refractivity contribution < 1.29 is 18.7 Å². The molecule has 0 saturated carbocycles. The predicted octanol–water partition coefficient (Wildman–Crippen LogP) is 2.91. The minimum Gasteiger partial charge on any atom is -0.488 e. The molecule has 0 aliphatic carbocycles. The van der Waals surface area contributed by atoms with Gasteiger partial charge in [0.2, 0.25) is 0 Å². The third kappa shape index (κ3) is 4.14. The molecular formula is C18H19FN2O3. The molecule has 2 atom stereocenters. The SMILES string of the molecule is Cc1cc(O[C@H]2CO[C@H](C)C2)cc(C(=O)Cc2ccc(F)cn2)n1. The summed E-state index contributed by atoms with van der Waals surface area (Å²) in [7, 11) is 0. The van der Waals surface area contributed by atoms with E-state index in [2.05, 4.69) is 9.97 Å². The quantitative estimate of drug-likeness (QED) is 0.789. The molecule has 2 aromatic rings. The molecule has 1 aliphatic rings. The molecule has 6 heteroatoms. The number of rotatable bonds is 5. The third-order valence-electron chi connectivity index (χ3n) is 3.81. The maximum Gasteiger partial charge on any atom is 0.187 e. The van der Waals surface area contributed by atoms with Crippen molar-refractivity contribution in [1.82, 2.24) is 9.97 Å². The van der Waals surface area contributed by atoms with Gasteiger partial charge in [0.1, 0.15) is 23.4 Å². The minimum absolute atomic E-state index is 0.0106. The molecule has 24 heavy (non-hydrogen) atoms. The average Bonchev–Trinajstić information content (AvgIpc) is 2.94. The van der Waals surface area contributed by atoms with Crippen LogP contribution in [0.5, 0.6) is 5.75 Å². The average molecular weight is 330 g/mol. The molecule has 0 aromatic carbocycles. The number of hydrogen-bond donors (Lipinski definition) is 0. The fourth-order valence-electron chi connectivity index (χ4n) is 2.67. The second-order valence-corrected chi connectivity index (χ2v) is 6.02. The van der Waals surface area contributed by atoms with Gasteiger partial charge >= 0.3 is 0 Å². The molecule has 0 amide bonds. The van der Waals surface area contributed by atoms with Gasteiger partial charge in [-0.2, -0.15) is 0 Å². The normalized spacial score (nSPS) is 20.1. The van der Waals surface area contributed by atoms with Crippen LogP contribution in [-0.4, -0.2) is 34.6 Å². The van der Waals surface area contributed by atoms with Gasteiger partial charge in [-0.05, 0) is 26.0 Å². The van der Waals surface area contributed by atoms with Gasteiger partial charge in [-0.1, -0.05) is 0 Å². The Morgan fingerprint density at radius 3 is 2.92 bits per heavy atom. The lowest BCUT2D eigenvalue weighted by Crippen LogP contribution is -2.17. The maximum atomic E-state index is 12.9. The first-order valence-corrected chi connectivity index (χ1v) is 7.90. The smallest absolute Gasteiger partial charge is 0.187 e. The van der Waals surface area contributed by atoms with Crippen molar-refractivity contribution in [1.29, 1.82) is 0 Å². The van der Waals surface area contributed by atoms with Crippen LogP contribution in [0.3, 0.4) is 0 Å². The lowest BCUT2D eigenvalue weighted by Gasteiger charge is -2.13. The second kappa shape index (κ2) is 7.05. The first-order chi connectivity index (χ1) is 11.5. The van der Waals surface area contributed by atoms with Gasteiger partial charge in [0.25, 0.3) is 0 Å². The minimum atomic E-state index is -0.427. The first-order valence-electron chi connectivity index (χ1n) is 7.90. The highest BCUT2D eigenvalue weighted by molar-refractivity contribution is 5.95. The Morgan fingerprint density at radius 1 is 1.42 bits per heavy atom. The molecule has 1 fully saturated rings.